The summed E-state index contributed by atoms with van der Waals surface area (Å²) in [6.45, 7) is 8.60. The average Bonchev–Trinajstić information content (AvgIpc) is 3.19. The summed E-state index contributed by atoms with van der Waals surface area (Å²) in [5.41, 5.74) is 5.01. The third-order valence-corrected chi connectivity index (χ3v) is 7.57. The number of rotatable bonds is 6. The SMILES string of the molecule is Cc1nn([C@@H]2CCS(=O)(=O)C2)c(C)c1CN(C)C(=O)/C=C/c1ccc(C(C)C)cc1. The van der Waals surface area contributed by atoms with Crippen LogP contribution in [0.3, 0.4) is 0 Å². The van der Waals surface area contributed by atoms with E-state index >= 15 is 0 Å². The number of amides is 1. The van der Waals surface area contributed by atoms with E-state index in [4.69, 9.17) is 0 Å². The molecule has 30 heavy (non-hydrogen) atoms. The second kappa shape index (κ2) is 8.76. The molecule has 1 aromatic carbocycles. The van der Waals surface area contributed by atoms with E-state index in [0.717, 1.165) is 22.5 Å². The fourth-order valence-electron chi connectivity index (χ4n) is 3.85. The summed E-state index contributed by atoms with van der Waals surface area (Å²) in [7, 11) is -1.21. The second-order valence-corrected chi connectivity index (χ2v) is 10.7. The van der Waals surface area contributed by atoms with Gasteiger partial charge in [0.05, 0.1) is 23.2 Å². The van der Waals surface area contributed by atoms with Crippen LogP contribution in [-0.2, 0) is 21.2 Å². The highest BCUT2D eigenvalue weighted by molar-refractivity contribution is 7.91. The van der Waals surface area contributed by atoms with Crippen LogP contribution in [0.2, 0.25) is 0 Å². The Bertz CT molecular complexity index is 1050. The van der Waals surface area contributed by atoms with Gasteiger partial charge in [-0.2, -0.15) is 5.10 Å². The Labute approximate surface area is 179 Å². The summed E-state index contributed by atoms with van der Waals surface area (Å²) in [6, 6.07) is 8.10. The molecule has 0 unspecified atom stereocenters. The zero-order valence-electron chi connectivity index (χ0n) is 18.4. The molecule has 1 amide bonds. The first-order valence-electron chi connectivity index (χ1n) is 10.4. The summed E-state index contributed by atoms with van der Waals surface area (Å²) in [4.78, 5) is 14.3. The van der Waals surface area contributed by atoms with Crippen molar-refractivity contribution in [3.05, 3.63) is 58.4 Å². The van der Waals surface area contributed by atoms with Gasteiger partial charge in [-0.05, 0) is 43.4 Å². The molecule has 1 fully saturated rings. The highest BCUT2D eigenvalue weighted by atomic mass is 32.2. The third kappa shape index (κ3) is 5.01. The molecule has 0 N–H and O–H groups in total. The minimum absolute atomic E-state index is 0.0852. The first-order chi connectivity index (χ1) is 14.1. The van der Waals surface area contributed by atoms with Crippen LogP contribution in [0.25, 0.3) is 6.08 Å². The summed E-state index contributed by atoms with van der Waals surface area (Å²) in [5.74, 6) is 0.749. The number of aryl methyl sites for hydroxylation is 1. The number of nitrogens with zero attached hydrogens (tertiary/aromatic N) is 3. The topological polar surface area (TPSA) is 72.3 Å². The van der Waals surface area contributed by atoms with Crippen LogP contribution in [0.1, 0.15) is 60.3 Å². The van der Waals surface area contributed by atoms with E-state index < -0.39 is 9.84 Å². The maximum atomic E-state index is 12.6. The van der Waals surface area contributed by atoms with Crippen molar-refractivity contribution in [3.8, 4) is 0 Å². The Morgan fingerprint density at radius 2 is 1.93 bits per heavy atom. The van der Waals surface area contributed by atoms with Gasteiger partial charge in [0, 0.05) is 30.9 Å². The molecule has 1 saturated heterocycles. The summed E-state index contributed by atoms with van der Waals surface area (Å²) >= 11 is 0. The Morgan fingerprint density at radius 3 is 2.50 bits per heavy atom. The lowest BCUT2D eigenvalue weighted by Crippen LogP contribution is -2.24. The second-order valence-electron chi connectivity index (χ2n) is 8.50. The molecule has 3 rings (SSSR count). The standard InChI is InChI=1S/C23H31N3O3S/c1-16(2)20-9-6-19(7-10-20)8-11-23(27)25(5)14-22-17(3)24-26(18(22)4)21-12-13-30(28,29)15-21/h6-11,16,21H,12-15H2,1-5H3/b11-8+/t21-/m1/s1. The van der Waals surface area contributed by atoms with Gasteiger partial charge in [-0.15, -0.1) is 0 Å². The van der Waals surface area contributed by atoms with Gasteiger partial charge >= 0.3 is 0 Å². The van der Waals surface area contributed by atoms with E-state index in [-0.39, 0.29) is 23.5 Å². The lowest BCUT2D eigenvalue weighted by atomic mass is 10.0. The molecule has 2 aromatic rings. The third-order valence-electron chi connectivity index (χ3n) is 5.82. The van der Waals surface area contributed by atoms with E-state index in [1.165, 1.54) is 5.56 Å². The van der Waals surface area contributed by atoms with Gasteiger partial charge in [0.1, 0.15) is 0 Å². The van der Waals surface area contributed by atoms with Gasteiger partial charge in [0.25, 0.3) is 0 Å². The van der Waals surface area contributed by atoms with Gasteiger partial charge in [-0.1, -0.05) is 38.1 Å². The number of carbonyl (C=O) groups excluding carboxylic acids is 1. The Balaban J connectivity index is 1.68. The van der Waals surface area contributed by atoms with Crippen LogP contribution in [0, 0.1) is 13.8 Å². The van der Waals surface area contributed by atoms with Crippen molar-refractivity contribution >= 4 is 21.8 Å². The molecule has 0 aliphatic carbocycles. The van der Waals surface area contributed by atoms with Crippen molar-refractivity contribution < 1.29 is 13.2 Å². The normalized spacial score (nSPS) is 18.4. The quantitative estimate of drug-likeness (QED) is 0.657. The molecular weight excluding hydrogens is 398 g/mol. The molecule has 7 heteroatoms. The maximum absolute atomic E-state index is 12.6. The molecular formula is C23H31N3O3S. The Morgan fingerprint density at radius 1 is 1.27 bits per heavy atom. The van der Waals surface area contributed by atoms with Crippen molar-refractivity contribution in [2.75, 3.05) is 18.6 Å². The van der Waals surface area contributed by atoms with E-state index in [9.17, 15) is 13.2 Å². The zero-order valence-corrected chi connectivity index (χ0v) is 19.2. The van der Waals surface area contributed by atoms with Crippen molar-refractivity contribution in [2.24, 2.45) is 0 Å². The van der Waals surface area contributed by atoms with Crippen LogP contribution < -0.4 is 0 Å². The predicted molar refractivity (Wildman–Crippen MR) is 120 cm³/mol. The fourth-order valence-corrected chi connectivity index (χ4v) is 5.54. The summed E-state index contributed by atoms with van der Waals surface area (Å²) < 4.78 is 25.5. The molecule has 0 spiro atoms. The fraction of sp³-hybridized carbons (Fsp3) is 0.478. The minimum atomic E-state index is -2.98. The molecule has 162 valence electrons. The maximum Gasteiger partial charge on any atom is 0.246 e. The molecule has 2 heterocycles. The van der Waals surface area contributed by atoms with Crippen LogP contribution in [0.15, 0.2) is 30.3 Å². The molecule has 0 bridgehead atoms. The first kappa shape index (κ1) is 22.3. The summed E-state index contributed by atoms with van der Waals surface area (Å²) in [5, 5.41) is 4.58. The van der Waals surface area contributed by atoms with Gasteiger partial charge in [0.2, 0.25) is 5.91 Å². The lowest BCUT2D eigenvalue weighted by molar-refractivity contribution is -0.125. The van der Waals surface area contributed by atoms with Crippen molar-refractivity contribution in [1.82, 2.24) is 14.7 Å². The minimum Gasteiger partial charge on any atom is -0.338 e. The smallest absolute Gasteiger partial charge is 0.246 e. The van der Waals surface area contributed by atoms with Crippen LogP contribution in [-0.4, -0.2) is 47.6 Å². The van der Waals surface area contributed by atoms with E-state index in [1.807, 2.05) is 36.7 Å². The highest BCUT2D eigenvalue weighted by Gasteiger charge is 2.31. The van der Waals surface area contributed by atoms with Gasteiger partial charge in [-0.25, -0.2) is 8.42 Å². The van der Waals surface area contributed by atoms with E-state index in [2.05, 4.69) is 31.1 Å². The Hall–Kier alpha value is -2.41. The molecule has 0 saturated carbocycles. The van der Waals surface area contributed by atoms with Gasteiger partial charge < -0.3 is 4.90 Å². The molecule has 0 radical (unpaired) electrons. The molecule has 1 atom stereocenters. The highest BCUT2D eigenvalue weighted by Crippen LogP contribution is 2.27. The molecule has 1 aromatic heterocycles. The van der Waals surface area contributed by atoms with Crippen molar-refractivity contribution in [2.45, 2.75) is 52.6 Å². The number of hydrogen-bond acceptors (Lipinski definition) is 4. The van der Waals surface area contributed by atoms with E-state index in [1.54, 1.807) is 18.0 Å². The van der Waals surface area contributed by atoms with Crippen molar-refractivity contribution in [3.63, 3.8) is 0 Å². The zero-order chi connectivity index (χ0) is 22.1. The van der Waals surface area contributed by atoms with Crippen LogP contribution in [0.5, 0.6) is 0 Å². The van der Waals surface area contributed by atoms with Crippen molar-refractivity contribution in [1.29, 1.82) is 0 Å². The van der Waals surface area contributed by atoms with Gasteiger partial charge in [0.15, 0.2) is 9.84 Å². The number of hydrogen-bond donors (Lipinski definition) is 0. The molecule has 6 nitrogen and oxygen atoms in total. The lowest BCUT2D eigenvalue weighted by Gasteiger charge is -2.16. The Kier molecular flexibility index (Phi) is 6.50. The average molecular weight is 430 g/mol. The number of aromatic nitrogens is 2. The number of benzene rings is 1. The van der Waals surface area contributed by atoms with Crippen LogP contribution in [0.4, 0.5) is 0 Å². The van der Waals surface area contributed by atoms with Crippen LogP contribution >= 0.6 is 0 Å². The molecule has 1 aliphatic rings. The summed E-state index contributed by atoms with van der Waals surface area (Å²) in [6.07, 6.45) is 4.01. The number of sulfone groups is 1. The van der Waals surface area contributed by atoms with E-state index in [0.29, 0.717) is 18.9 Å². The molecule has 1 aliphatic heterocycles. The number of likely N-dealkylation sites (N-methyl/N-ethyl adjacent to an activating group) is 1. The first-order valence-corrected chi connectivity index (χ1v) is 12.2. The predicted octanol–water partition coefficient (Wildman–Crippen LogP) is 3.65. The monoisotopic (exact) mass is 429 g/mol. The number of carbonyl (C=O) groups is 1. The van der Waals surface area contributed by atoms with Gasteiger partial charge in [-0.3, -0.25) is 9.48 Å². The largest absolute Gasteiger partial charge is 0.338 e.